The summed E-state index contributed by atoms with van der Waals surface area (Å²) >= 11 is 0. The molecule has 0 bridgehead atoms. The molecule has 3 heterocycles. The Bertz CT molecular complexity index is 858. The molecule has 0 spiro atoms. The maximum absolute atomic E-state index is 10.1. The Labute approximate surface area is 180 Å². The monoisotopic (exact) mass is 404 g/mol. The van der Waals surface area contributed by atoms with Crippen LogP contribution in [0.3, 0.4) is 0 Å². The smallest absolute Gasteiger partial charge is 0.115 e. The molecular weight excluding hydrogens is 372 g/mol. The molecule has 158 valence electrons. The van der Waals surface area contributed by atoms with Crippen molar-refractivity contribution in [2.75, 3.05) is 26.2 Å². The summed E-state index contributed by atoms with van der Waals surface area (Å²) in [5.74, 6) is 6.84. The van der Waals surface area contributed by atoms with E-state index in [-0.39, 0.29) is 12.6 Å². The minimum Gasteiger partial charge on any atom is -0.395 e. The summed E-state index contributed by atoms with van der Waals surface area (Å²) in [7, 11) is 0. The van der Waals surface area contributed by atoms with Crippen molar-refractivity contribution in [3.05, 3.63) is 59.7 Å². The predicted octanol–water partition coefficient (Wildman–Crippen LogP) is 3.05. The molecule has 5 heteroatoms. The van der Waals surface area contributed by atoms with Gasteiger partial charge in [-0.2, -0.15) is 0 Å². The van der Waals surface area contributed by atoms with Gasteiger partial charge in [0.1, 0.15) is 6.33 Å². The Hall–Kier alpha value is -2.26. The standard InChI is InChI=1S/C25H32N4O/c1-2-3-4-7-20-8-10-22(11-9-20)25-23-17-28(16-21-14-26-19-27-15-21)12-5-6-13-29(23)24(25)18-30/h8-11,14-15,19,23-25,30H,2-3,5-6,12-13,16-18H2,1H3/t23-,24+,25+/m1/s1. The highest BCUT2D eigenvalue weighted by Gasteiger charge is 2.48. The van der Waals surface area contributed by atoms with Crippen molar-refractivity contribution in [1.29, 1.82) is 0 Å². The number of unbranched alkanes of at least 4 members (excludes halogenated alkanes) is 1. The molecule has 1 aromatic heterocycles. The Kier molecular flexibility index (Phi) is 7.11. The summed E-state index contributed by atoms with van der Waals surface area (Å²) < 4.78 is 0. The third kappa shape index (κ3) is 4.73. The van der Waals surface area contributed by atoms with Crippen LogP contribution in [-0.2, 0) is 6.54 Å². The average molecular weight is 405 g/mol. The number of fused-ring (bicyclic) bond motifs is 1. The average Bonchev–Trinajstić information content (AvgIpc) is 2.76. The molecule has 0 amide bonds. The molecule has 2 aliphatic rings. The van der Waals surface area contributed by atoms with Crippen LogP contribution in [0.1, 0.15) is 55.2 Å². The molecule has 0 saturated carbocycles. The molecule has 0 aliphatic carbocycles. The van der Waals surface area contributed by atoms with Gasteiger partial charge in [0.25, 0.3) is 0 Å². The second-order valence-electron chi connectivity index (χ2n) is 8.44. The van der Waals surface area contributed by atoms with E-state index in [4.69, 9.17) is 0 Å². The van der Waals surface area contributed by atoms with Gasteiger partial charge >= 0.3 is 0 Å². The van der Waals surface area contributed by atoms with E-state index in [1.54, 1.807) is 6.33 Å². The molecular formula is C25H32N4O. The second-order valence-corrected chi connectivity index (χ2v) is 8.44. The number of rotatable bonds is 5. The van der Waals surface area contributed by atoms with Crippen LogP contribution in [0.5, 0.6) is 0 Å². The largest absolute Gasteiger partial charge is 0.395 e. The summed E-state index contributed by atoms with van der Waals surface area (Å²) in [6.07, 6.45) is 9.80. The van der Waals surface area contributed by atoms with Gasteiger partial charge in [0, 0.05) is 61.0 Å². The first-order valence-corrected chi connectivity index (χ1v) is 11.2. The number of nitrogens with zero attached hydrogens (tertiary/aromatic N) is 4. The van der Waals surface area contributed by atoms with Gasteiger partial charge in [-0.3, -0.25) is 9.80 Å². The Balaban J connectivity index is 1.50. The Morgan fingerprint density at radius 2 is 1.87 bits per heavy atom. The highest BCUT2D eigenvalue weighted by molar-refractivity contribution is 5.39. The van der Waals surface area contributed by atoms with Crippen LogP contribution in [-0.4, -0.2) is 63.2 Å². The highest BCUT2D eigenvalue weighted by Crippen LogP contribution is 2.42. The predicted molar refractivity (Wildman–Crippen MR) is 119 cm³/mol. The van der Waals surface area contributed by atoms with E-state index in [0.29, 0.717) is 12.0 Å². The van der Waals surface area contributed by atoms with Gasteiger partial charge in [0.2, 0.25) is 0 Å². The van der Waals surface area contributed by atoms with Crippen molar-refractivity contribution in [2.24, 2.45) is 0 Å². The SMILES string of the molecule is CCCC#Cc1ccc([C@H]2[C@H]3CN(Cc4cncnc4)CCCCN3[C@H]2CO)cc1. The molecule has 5 nitrogen and oxygen atoms in total. The molecule has 3 atom stereocenters. The van der Waals surface area contributed by atoms with E-state index >= 15 is 0 Å². The zero-order valence-electron chi connectivity index (χ0n) is 17.9. The second kappa shape index (κ2) is 10.2. The van der Waals surface area contributed by atoms with Crippen LogP contribution in [0.15, 0.2) is 43.0 Å². The molecule has 1 N–H and O–H groups in total. The van der Waals surface area contributed by atoms with E-state index < -0.39 is 0 Å². The molecule has 2 aliphatic heterocycles. The third-order valence-corrected chi connectivity index (χ3v) is 6.38. The van der Waals surface area contributed by atoms with Gasteiger partial charge in [-0.1, -0.05) is 30.9 Å². The molecule has 2 saturated heterocycles. The van der Waals surface area contributed by atoms with Crippen molar-refractivity contribution < 1.29 is 5.11 Å². The molecule has 1 aromatic carbocycles. The fourth-order valence-corrected chi connectivity index (χ4v) is 4.90. The molecule has 0 radical (unpaired) electrons. The number of benzene rings is 1. The number of aliphatic hydroxyl groups is 1. The molecule has 30 heavy (non-hydrogen) atoms. The quantitative estimate of drug-likeness (QED) is 0.777. The minimum absolute atomic E-state index is 0.214. The summed E-state index contributed by atoms with van der Waals surface area (Å²) in [6.45, 7) is 6.43. The topological polar surface area (TPSA) is 52.5 Å². The van der Waals surface area contributed by atoms with E-state index in [1.807, 2.05) is 12.4 Å². The zero-order valence-corrected chi connectivity index (χ0v) is 17.9. The lowest BCUT2D eigenvalue weighted by Gasteiger charge is -2.57. The fourth-order valence-electron chi connectivity index (χ4n) is 4.90. The van der Waals surface area contributed by atoms with E-state index in [1.165, 1.54) is 18.4 Å². The third-order valence-electron chi connectivity index (χ3n) is 6.38. The Morgan fingerprint density at radius 3 is 2.60 bits per heavy atom. The summed E-state index contributed by atoms with van der Waals surface area (Å²) in [5, 5.41) is 10.1. The van der Waals surface area contributed by atoms with Gasteiger partial charge in [-0.05, 0) is 50.0 Å². The summed E-state index contributed by atoms with van der Waals surface area (Å²) in [5.41, 5.74) is 3.56. The summed E-state index contributed by atoms with van der Waals surface area (Å²) in [4.78, 5) is 13.4. The zero-order chi connectivity index (χ0) is 20.8. The van der Waals surface area contributed by atoms with Crippen LogP contribution < -0.4 is 0 Å². The minimum atomic E-state index is 0.214. The first kappa shape index (κ1) is 21.0. The number of hydrogen-bond acceptors (Lipinski definition) is 5. The van der Waals surface area contributed by atoms with Gasteiger partial charge in [0.05, 0.1) is 6.61 Å². The van der Waals surface area contributed by atoms with E-state index in [0.717, 1.165) is 50.1 Å². The van der Waals surface area contributed by atoms with Crippen molar-refractivity contribution in [1.82, 2.24) is 19.8 Å². The van der Waals surface area contributed by atoms with Gasteiger partial charge in [-0.25, -0.2) is 9.97 Å². The lowest BCUT2D eigenvalue weighted by molar-refractivity contribution is -0.0655. The number of hydrogen-bond donors (Lipinski definition) is 1. The van der Waals surface area contributed by atoms with Crippen molar-refractivity contribution >= 4 is 0 Å². The van der Waals surface area contributed by atoms with E-state index in [2.05, 4.69) is 62.8 Å². The van der Waals surface area contributed by atoms with Crippen LogP contribution in [0.2, 0.25) is 0 Å². The number of aromatic nitrogens is 2. The molecule has 2 aromatic rings. The van der Waals surface area contributed by atoms with Crippen LogP contribution in [0.4, 0.5) is 0 Å². The first-order valence-electron chi connectivity index (χ1n) is 11.2. The lowest BCUT2D eigenvalue weighted by atomic mass is 9.74. The Morgan fingerprint density at radius 1 is 1.10 bits per heavy atom. The molecule has 4 rings (SSSR count). The summed E-state index contributed by atoms with van der Waals surface area (Å²) in [6, 6.07) is 9.36. The maximum Gasteiger partial charge on any atom is 0.115 e. The van der Waals surface area contributed by atoms with Gasteiger partial charge in [-0.15, -0.1) is 0 Å². The van der Waals surface area contributed by atoms with Gasteiger partial charge in [0.15, 0.2) is 0 Å². The first-order chi connectivity index (χ1) is 14.8. The fraction of sp³-hybridized carbons (Fsp3) is 0.520. The lowest BCUT2D eigenvalue weighted by Crippen LogP contribution is -2.67. The van der Waals surface area contributed by atoms with Crippen LogP contribution >= 0.6 is 0 Å². The van der Waals surface area contributed by atoms with Crippen molar-refractivity contribution in [3.8, 4) is 11.8 Å². The van der Waals surface area contributed by atoms with Crippen LogP contribution in [0, 0.1) is 11.8 Å². The normalized spacial score (nSPS) is 24.7. The van der Waals surface area contributed by atoms with E-state index in [9.17, 15) is 5.11 Å². The highest BCUT2D eigenvalue weighted by atomic mass is 16.3. The van der Waals surface area contributed by atoms with Crippen molar-refractivity contribution in [2.45, 2.75) is 57.2 Å². The number of aliphatic hydroxyl groups excluding tert-OH is 1. The van der Waals surface area contributed by atoms with Crippen LogP contribution in [0.25, 0.3) is 0 Å². The van der Waals surface area contributed by atoms with Crippen molar-refractivity contribution in [3.63, 3.8) is 0 Å². The molecule has 2 fully saturated rings. The van der Waals surface area contributed by atoms with Gasteiger partial charge < -0.3 is 5.11 Å². The maximum atomic E-state index is 10.1. The molecule has 0 unspecified atom stereocenters.